The zero-order chi connectivity index (χ0) is 13.9. The number of ether oxygens (including phenoxy) is 1. The van der Waals surface area contributed by atoms with E-state index >= 15 is 0 Å². The summed E-state index contributed by atoms with van der Waals surface area (Å²) < 4.78 is 5.97. The molecule has 1 aliphatic rings. The molecule has 1 aromatic heterocycles. The lowest BCUT2D eigenvalue weighted by atomic mass is 9.98. The molecule has 1 aliphatic carbocycles. The fraction of sp³-hybridized carbons (Fsp3) is 0.800. The summed E-state index contributed by atoms with van der Waals surface area (Å²) in [5, 5.41) is 4.74. The van der Waals surface area contributed by atoms with Gasteiger partial charge in [-0.3, -0.25) is 0 Å². The van der Waals surface area contributed by atoms with Crippen LogP contribution in [0.15, 0.2) is 0 Å². The third-order valence-corrected chi connectivity index (χ3v) is 5.45. The van der Waals surface area contributed by atoms with E-state index in [1.165, 1.54) is 23.4 Å². The smallest absolute Gasteiger partial charge is 0.125 e. The van der Waals surface area contributed by atoms with Crippen LogP contribution in [0.1, 0.15) is 68.6 Å². The highest BCUT2D eigenvalue weighted by Crippen LogP contribution is 2.40. The summed E-state index contributed by atoms with van der Waals surface area (Å²) in [6.07, 6.45) is 4.57. The third kappa shape index (κ3) is 3.01. The van der Waals surface area contributed by atoms with Gasteiger partial charge in [-0.1, -0.05) is 13.8 Å². The molecule has 0 bridgehead atoms. The Kier molecular flexibility index (Phi) is 4.98. The predicted molar refractivity (Wildman–Crippen MR) is 80.7 cm³/mol. The highest BCUT2D eigenvalue weighted by Gasteiger charge is 2.32. The van der Waals surface area contributed by atoms with Crippen LogP contribution >= 0.6 is 11.3 Å². The monoisotopic (exact) mass is 282 g/mol. The zero-order valence-electron chi connectivity index (χ0n) is 12.6. The van der Waals surface area contributed by atoms with Gasteiger partial charge in [0.2, 0.25) is 0 Å². The Morgan fingerprint density at radius 1 is 1.42 bits per heavy atom. The molecule has 0 saturated carbocycles. The SMILES string of the molecule is CCNC1CCCc2nc(C(C)(CC)OCC)sc21. The van der Waals surface area contributed by atoms with Gasteiger partial charge in [0.15, 0.2) is 0 Å². The third-order valence-electron chi connectivity index (χ3n) is 3.99. The number of nitrogens with one attached hydrogen (secondary N) is 1. The standard InChI is InChI=1S/C15H26N2OS/c1-5-15(4,18-7-3)14-17-12-10-8-9-11(16-6-2)13(12)19-14/h11,16H,5-10H2,1-4H3. The molecule has 0 fully saturated rings. The van der Waals surface area contributed by atoms with Gasteiger partial charge in [-0.25, -0.2) is 4.98 Å². The largest absolute Gasteiger partial charge is 0.368 e. The molecule has 2 rings (SSSR count). The second kappa shape index (κ2) is 6.33. The number of aryl methyl sites for hydroxylation is 1. The van der Waals surface area contributed by atoms with Gasteiger partial charge in [-0.05, 0) is 46.1 Å². The topological polar surface area (TPSA) is 34.2 Å². The molecule has 0 saturated heterocycles. The van der Waals surface area contributed by atoms with Gasteiger partial charge in [0.05, 0.1) is 5.69 Å². The number of aromatic nitrogens is 1. The first-order valence-electron chi connectivity index (χ1n) is 7.52. The van der Waals surface area contributed by atoms with Crippen molar-refractivity contribution >= 4 is 11.3 Å². The summed E-state index contributed by atoms with van der Waals surface area (Å²) in [4.78, 5) is 6.35. The average molecular weight is 282 g/mol. The summed E-state index contributed by atoms with van der Waals surface area (Å²) in [6.45, 7) is 10.3. The minimum Gasteiger partial charge on any atom is -0.368 e. The van der Waals surface area contributed by atoms with Crippen molar-refractivity contribution < 1.29 is 4.74 Å². The molecule has 2 unspecified atom stereocenters. The molecule has 1 N–H and O–H groups in total. The molecule has 0 radical (unpaired) electrons. The normalized spacial score (nSPS) is 22.0. The van der Waals surface area contributed by atoms with Crippen LogP contribution in [0.4, 0.5) is 0 Å². The first kappa shape index (κ1) is 14.9. The second-order valence-corrected chi connectivity index (χ2v) is 6.38. The Morgan fingerprint density at radius 3 is 2.84 bits per heavy atom. The zero-order valence-corrected chi connectivity index (χ0v) is 13.4. The van der Waals surface area contributed by atoms with Gasteiger partial charge >= 0.3 is 0 Å². The van der Waals surface area contributed by atoms with Crippen LogP contribution in [-0.4, -0.2) is 18.1 Å². The quantitative estimate of drug-likeness (QED) is 0.862. The first-order chi connectivity index (χ1) is 9.14. The molecule has 0 spiro atoms. The van der Waals surface area contributed by atoms with Crippen LogP contribution in [0, 0.1) is 0 Å². The molecule has 4 heteroatoms. The highest BCUT2D eigenvalue weighted by atomic mass is 32.1. The summed E-state index contributed by atoms with van der Waals surface area (Å²) in [5.41, 5.74) is 1.09. The molecule has 19 heavy (non-hydrogen) atoms. The van der Waals surface area contributed by atoms with Gasteiger partial charge in [0, 0.05) is 17.5 Å². The minimum atomic E-state index is -0.215. The molecule has 0 aliphatic heterocycles. The Hall–Kier alpha value is -0.450. The van der Waals surface area contributed by atoms with E-state index < -0.39 is 0 Å². The maximum Gasteiger partial charge on any atom is 0.125 e. The highest BCUT2D eigenvalue weighted by molar-refractivity contribution is 7.12. The number of thiazole rings is 1. The van der Waals surface area contributed by atoms with E-state index in [2.05, 4.69) is 33.0 Å². The second-order valence-electron chi connectivity index (χ2n) is 5.35. The van der Waals surface area contributed by atoms with Crippen molar-refractivity contribution in [3.8, 4) is 0 Å². The molecular formula is C15H26N2OS. The first-order valence-corrected chi connectivity index (χ1v) is 8.33. The van der Waals surface area contributed by atoms with Crippen molar-refractivity contribution in [1.29, 1.82) is 0 Å². The lowest BCUT2D eigenvalue weighted by molar-refractivity contribution is -0.0325. The van der Waals surface area contributed by atoms with Crippen molar-refractivity contribution in [2.24, 2.45) is 0 Å². The fourth-order valence-corrected chi connectivity index (χ4v) is 4.11. The number of hydrogen-bond donors (Lipinski definition) is 1. The number of fused-ring (bicyclic) bond motifs is 1. The van der Waals surface area contributed by atoms with Gasteiger partial charge in [0.25, 0.3) is 0 Å². The van der Waals surface area contributed by atoms with Crippen molar-refractivity contribution in [3.05, 3.63) is 15.6 Å². The Balaban J connectivity index is 2.30. The maximum absolute atomic E-state index is 5.97. The molecule has 0 aromatic carbocycles. The minimum absolute atomic E-state index is 0.215. The Morgan fingerprint density at radius 2 is 2.21 bits per heavy atom. The molecule has 3 nitrogen and oxygen atoms in total. The number of hydrogen-bond acceptors (Lipinski definition) is 4. The van der Waals surface area contributed by atoms with Crippen LogP contribution in [0.25, 0.3) is 0 Å². The lowest BCUT2D eigenvalue weighted by Gasteiger charge is -2.25. The van der Waals surface area contributed by atoms with Gasteiger partial charge < -0.3 is 10.1 Å². The van der Waals surface area contributed by atoms with E-state index in [9.17, 15) is 0 Å². The van der Waals surface area contributed by atoms with Crippen molar-refractivity contribution in [3.63, 3.8) is 0 Å². The van der Waals surface area contributed by atoms with Gasteiger partial charge in [0.1, 0.15) is 10.6 Å². The Labute approximate surface area is 120 Å². The van der Waals surface area contributed by atoms with Crippen LogP contribution in [0.3, 0.4) is 0 Å². The van der Waals surface area contributed by atoms with Crippen LogP contribution in [-0.2, 0) is 16.8 Å². The van der Waals surface area contributed by atoms with Gasteiger partial charge in [-0.15, -0.1) is 11.3 Å². The molecule has 0 amide bonds. The van der Waals surface area contributed by atoms with Crippen LogP contribution in [0.5, 0.6) is 0 Å². The van der Waals surface area contributed by atoms with E-state index in [0.29, 0.717) is 6.04 Å². The number of rotatable bonds is 6. The summed E-state index contributed by atoms with van der Waals surface area (Å²) in [5.74, 6) is 0. The van der Waals surface area contributed by atoms with E-state index in [0.717, 1.165) is 31.0 Å². The molecule has 108 valence electrons. The van der Waals surface area contributed by atoms with E-state index in [1.54, 1.807) is 0 Å². The maximum atomic E-state index is 5.97. The summed E-state index contributed by atoms with van der Waals surface area (Å²) in [7, 11) is 0. The molecule has 2 atom stereocenters. The van der Waals surface area contributed by atoms with Crippen LogP contribution < -0.4 is 5.32 Å². The lowest BCUT2D eigenvalue weighted by Crippen LogP contribution is -2.24. The Bertz CT molecular complexity index is 418. The van der Waals surface area contributed by atoms with Crippen molar-refractivity contribution in [2.75, 3.05) is 13.2 Å². The van der Waals surface area contributed by atoms with E-state index in [4.69, 9.17) is 9.72 Å². The molecule has 1 heterocycles. The summed E-state index contributed by atoms with van der Waals surface area (Å²) >= 11 is 1.86. The molecular weight excluding hydrogens is 256 g/mol. The molecule has 1 aromatic rings. The predicted octanol–water partition coefficient (Wildman–Crippen LogP) is 3.79. The summed E-state index contributed by atoms with van der Waals surface area (Å²) in [6, 6.07) is 0.503. The van der Waals surface area contributed by atoms with Crippen molar-refractivity contribution in [1.82, 2.24) is 10.3 Å². The van der Waals surface area contributed by atoms with E-state index in [-0.39, 0.29) is 5.60 Å². The van der Waals surface area contributed by atoms with E-state index in [1.807, 2.05) is 11.3 Å². The number of nitrogens with zero attached hydrogens (tertiary/aromatic N) is 1. The van der Waals surface area contributed by atoms with Crippen LogP contribution in [0.2, 0.25) is 0 Å². The van der Waals surface area contributed by atoms with Gasteiger partial charge in [-0.2, -0.15) is 0 Å². The average Bonchev–Trinajstić information content (AvgIpc) is 2.85. The fourth-order valence-electron chi connectivity index (χ4n) is 2.72. The van der Waals surface area contributed by atoms with Crippen molar-refractivity contribution in [2.45, 2.75) is 65.0 Å².